The van der Waals surface area contributed by atoms with Crippen LogP contribution in [0, 0.1) is 50.2 Å². The van der Waals surface area contributed by atoms with Crippen molar-refractivity contribution in [1.82, 2.24) is 0 Å². The Morgan fingerprint density at radius 1 is 0.625 bits per heavy atom. The van der Waals surface area contributed by atoms with Crippen molar-refractivity contribution in [2.24, 2.45) is 50.2 Å². The predicted octanol–water partition coefficient (Wildman–Crippen LogP) is -2.86. The molecule has 4 saturated heterocycles. The molecule has 0 amide bonds. The maximum Gasteiger partial charge on any atom is 0.335 e. The molecule has 5 aliphatic carbocycles. The number of allylic oxidation sites excluding steroid dienone is 2. The van der Waals surface area contributed by atoms with Gasteiger partial charge in [0.25, 0.3) is 0 Å². The number of aliphatic carboxylic acids is 1. The first-order valence-corrected chi connectivity index (χ1v) is 30.5. The smallest absolute Gasteiger partial charge is 0.335 e. The second-order valence-electron chi connectivity index (χ2n) is 28.1. The first-order valence-electron chi connectivity index (χ1n) is 30.5. The van der Waals surface area contributed by atoms with Crippen molar-refractivity contribution in [2.45, 2.75) is 255 Å². The fourth-order valence-corrected chi connectivity index (χ4v) is 17.5. The summed E-state index contributed by atoms with van der Waals surface area (Å²) in [4.78, 5) is 39.8. The number of ether oxygens (including phenoxy) is 10. The Bertz CT molecular complexity index is 2580. The van der Waals surface area contributed by atoms with Gasteiger partial charge in [-0.15, -0.1) is 0 Å². The number of carbonyl (C=O) groups excluding carboxylic acids is 2. The highest BCUT2D eigenvalue weighted by Gasteiger charge is 2.76. The lowest BCUT2D eigenvalue weighted by atomic mass is 9.32. The number of hydrogen-bond donors (Lipinski definition) is 15. The second kappa shape index (κ2) is 25.4. The van der Waals surface area contributed by atoms with Gasteiger partial charge in [0.15, 0.2) is 37.4 Å². The zero-order valence-electron chi connectivity index (χ0n) is 51.3. The van der Waals surface area contributed by atoms with Crippen LogP contribution in [0.5, 0.6) is 0 Å². The van der Waals surface area contributed by atoms with Crippen LogP contribution in [0.15, 0.2) is 23.3 Å². The first-order chi connectivity index (χ1) is 41.1. The highest BCUT2D eigenvalue weighted by Crippen LogP contribution is 2.76. The van der Waals surface area contributed by atoms with Crippen LogP contribution in [0.1, 0.15) is 108 Å². The maximum absolute atomic E-state index is 13.7. The average Bonchev–Trinajstić information content (AvgIpc) is 0.708. The van der Waals surface area contributed by atoms with E-state index in [0.717, 1.165) is 5.57 Å². The van der Waals surface area contributed by atoms with Crippen LogP contribution >= 0.6 is 0 Å². The van der Waals surface area contributed by atoms with Gasteiger partial charge in [0.05, 0.1) is 50.2 Å². The summed E-state index contributed by atoms with van der Waals surface area (Å²) >= 11 is 0. The Balaban J connectivity index is 1.06. The lowest BCUT2D eigenvalue weighted by Gasteiger charge is -2.73. The summed E-state index contributed by atoms with van der Waals surface area (Å²) in [6.45, 7) is 15.2. The number of rotatable bonds is 15. The van der Waals surface area contributed by atoms with Gasteiger partial charge in [0.1, 0.15) is 91.6 Å². The van der Waals surface area contributed by atoms with Gasteiger partial charge in [0.2, 0.25) is 0 Å². The first kappa shape index (κ1) is 69.4. The third kappa shape index (κ3) is 11.1. The van der Waals surface area contributed by atoms with Gasteiger partial charge < -0.3 is 124 Å². The second-order valence-corrected chi connectivity index (χ2v) is 28.1. The average molecular weight is 1260 g/mol. The van der Waals surface area contributed by atoms with Crippen molar-refractivity contribution in [3.05, 3.63) is 23.3 Å². The van der Waals surface area contributed by atoms with E-state index in [0.29, 0.717) is 25.7 Å². The largest absolute Gasteiger partial charge is 0.479 e. The number of aliphatic hydroxyl groups is 14. The summed E-state index contributed by atoms with van der Waals surface area (Å²) < 4.78 is 60.9. The fraction of sp³-hybridized carbons (Fsp3) is 0.883. The van der Waals surface area contributed by atoms with Crippen molar-refractivity contribution in [1.29, 1.82) is 0 Å². The quantitative estimate of drug-likeness (QED) is 0.0339. The molecule has 28 heteroatoms. The van der Waals surface area contributed by atoms with Gasteiger partial charge in [-0.05, 0) is 86.4 Å². The Labute approximate surface area is 509 Å². The summed E-state index contributed by atoms with van der Waals surface area (Å²) in [5, 5.41) is 168. The molecule has 0 unspecified atom stereocenters. The fourth-order valence-electron chi connectivity index (χ4n) is 17.5. The van der Waals surface area contributed by atoms with Crippen LogP contribution in [-0.2, 0) is 61.8 Å². The van der Waals surface area contributed by atoms with E-state index in [4.69, 9.17) is 47.4 Å². The normalized spacial score (nSPS) is 50.9. The van der Waals surface area contributed by atoms with Crippen LogP contribution in [-0.4, -0.2) is 268 Å². The Hall–Kier alpha value is -2.99. The molecular weight excluding hydrogens is 1170 g/mol. The van der Waals surface area contributed by atoms with Crippen LogP contribution in [0.3, 0.4) is 0 Å². The number of carbonyl (C=O) groups is 3. The molecule has 0 bridgehead atoms. The highest BCUT2D eigenvalue weighted by molar-refractivity contribution is 5.88. The van der Waals surface area contributed by atoms with E-state index in [1.165, 1.54) is 6.92 Å². The SMILES string of the molecule is C/C=C(\C)C(=O)O[C@H]1[C@H](OC(C)=O)C(C)(C)C[C@H]2C3=CC[C@@H]4[C@@]5(C)CC[C@H](O[C@@H]6O[C@H](C(=O)O)[C@@H](O)[C@H](O[C@@H]7O[C@H](CO)[C@@H](O)[C@H](O)[C@H]7O[C@@H]7OC[C@@H](O)[C@H](O)[C@H]7O)[C@H]6O[C@@H]6O[C@H](CO)[C@@H](O)[C@H](O)[C@H]6O)C(C)(C)[C@@H]5CC[C@@]4(C)[C@]3(C)[C@@H](O)[C@@H](O)[C@]21CO. The van der Waals surface area contributed by atoms with E-state index in [9.17, 15) is 91.0 Å². The molecule has 88 heavy (non-hydrogen) atoms. The van der Waals surface area contributed by atoms with E-state index >= 15 is 0 Å². The van der Waals surface area contributed by atoms with Crippen molar-refractivity contribution in [3.63, 3.8) is 0 Å². The monoisotopic (exact) mass is 1260 g/mol. The lowest BCUT2D eigenvalue weighted by Crippen LogP contribution is -2.76. The molecule has 8 fully saturated rings. The minimum absolute atomic E-state index is 0.208. The molecule has 15 N–H and O–H groups in total. The topological polar surface area (TPSA) is 447 Å². The van der Waals surface area contributed by atoms with Crippen LogP contribution in [0.2, 0.25) is 0 Å². The molecule has 0 spiro atoms. The number of aliphatic hydroxyl groups excluding tert-OH is 14. The van der Waals surface area contributed by atoms with Gasteiger partial charge in [-0.25, -0.2) is 9.59 Å². The van der Waals surface area contributed by atoms with Gasteiger partial charge >= 0.3 is 17.9 Å². The minimum atomic E-state index is -2.31. The minimum Gasteiger partial charge on any atom is -0.479 e. The third-order valence-electron chi connectivity index (χ3n) is 22.7. The van der Waals surface area contributed by atoms with Gasteiger partial charge in [-0.1, -0.05) is 66.2 Å². The molecular formula is C60H94O28. The number of carboxylic acids is 1. The molecule has 0 aromatic rings. The van der Waals surface area contributed by atoms with Crippen molar-refractivity contribution < 1.29 is 138 Å². The molecule has 31 atom stereocenters. The molecule has 0 aromatic carbocycles. The molecule has 0 radical (unpaired) electrons. The van der Waals surface area contributed by atoms with Gasteiger partial charge in [0, 0.05) is 23.3 Å². The number of esters is 2. The van der Waals surface area contributed by atoms with Crippen molar-refractivity contribution >= 4 is 17.9 Å². The Morgan fingerprint density at radius 2 is 1.22 bits per heavy atom. The van der Waals surface area contributed by atoms with E-state index in [1.54, 1.807) is 19.9 Å². The molecule has 9 aliphatic rings. The summed E-state index contributed by atoms with van der Waals surface area (Å²) in [6, 6.07) is 0. The lowest BCUT2D eigenvalue weighted by molar-refractivity contribution is -0.405. The standard InChI is InChI=1S/C60H94O28/c1-11-23(2)50(78)88-48-47(80-24(3)64)55(4,5)18-26-25-12-13-31-57(8)16-15-32(56(6,7)30(57)14-17-58(31,9)59(25,10)45(74)46(75)60(26,48)22-63)83-54-44(87-52-39(72)36(69)34(67)28(19-61)81-52)41(40(73)42(85-54)49(76)77)84-53-43(37(70)35(68)29(20-62)82-53)86-51-38(71)33(66)27(65)21-79-51/h11-12,26-48,51-54,61-63,65-75H,13-22H2,1-10H3,(H,76,77)/b23-11+/t26-,27+,28+,29+,30-,31+,32-,33-,34+,35+,36-,37-,38+,39+,40-,41-,42-,43+,44+,45-,46+,47-,48-,51-,52-,53-,54+,57-,58+,59-,60-/m0/s1. The van der Waals surface area contributed by atoms with E-state index < -0.39 is 230 Å². The third-order valence-corrected chi connectivity index (χ3v) is 22.7. The summed E-state index contributed by atoms with van der Waals surface area (Å²) in [6.07, 6.45) is -37.8. The molecule has 0 aromatic heterocycles. The van der Waals surface area contributed by atoms with Crippen LogP contribution < -0.4 is 0 Å². The molecule has 28 nitrogen and oxygen atoms in total. The van der Waals surface area contributed by atoms with E-state index in [2.05, 4.69) is 19.9 Å². The van der Waals surface area contributed by atoms with Gasteiger partial charge in [-0.2, -0.15) is 0 Å². The number of hydrogen-bond acceptors (Lipinski definition) is 27. The van der Waals surface area contributed by atoms with E-state index in [-0.39, 0.29) is 30.3 Å². The van der Waals surface area contributed by atoms with Crippen LogP contribution in [0.4, 0.5) is 0 Å². The number of carboxylic acid groups (broad SMARTS) is 1. The molecule has 4 heterocycles. The highest BCUT2D eigenvalue weighted by atomic mass is 16.8. The zero-order chi connectivity index (χ0) is 65.0. The van der Waals surface area contributed by atoms with Gasteiger partial charge in [-0.3, -0.25) is 4.79 Å². The molecule has 9 rings (SSSR count). The van der Waals surface area contributed by atoms with Crippen molar-refractivity contribution in [2.75, 3.05) is 26.4 Å². The summed E-state index contributed by atoms with van der Waals surface area (Å²) in [5.41, 5.74) is -5.01. The maximum atomic E-state index is 13.7. The Morgan fingerprint density at radius 3 is 1.82 bits per heavy atom. The molecule has 4 aliphatic heterocycles. The predicted molar refractivity (Wildman–Crippen MR) is 296 cm³/mol. The number of fused-ring (bicyclic) bond motifs is 7. The molecule has 502 valence electrons. The van der Waals surface area contributed by atoms with Crippen molar-refractivity contribution in [3.8, 4) is 0 Å². The van der Waals surface area contributed by atoms with E-state index in [1.807, 2.05) is 34.6 Å². The molecule has 4 saturated carbocycles. The Kier molecular flexibility index (Phi) is 20.0. The van der Waals surface area contributed by atoms with Crippen LogP contribution in [0.25, 0.3) is 0 Å². The summed E-state index contributed by atoms with van der Waals surface area (Å²) in [7, 11) is 0. The zero-order valence-corrected chi connectivity index (χ0v) is 51.3. The summed E-state index contributed by atoms with van der Waals surface area (Å²) in [5.74, 6) is -4.29.